The fourth-order valence-corrected chi connectivity index (χ4v) is 10.1. The van der Waals surface area contributed by atoms with Gasteiger partial charge in [-0.1, -0.05) is 182 Å². The molecule has 1 heterocycles. The highest BCUT2D eigenvalue weighted by Gasteiger charge is 2.45. The van der Waals surface area contributed by atoms with Crippen molar-refractivity contribution in [2.45, 2.75) is 5.41 Å². The summed E-state index contributed by atoms with van der Waals surface area (Å²) in [4.78, 5) is 4.61. The Morgan fingerprint density at radius 1 is 0.316 bits per heavy atom. The smallest absolute Gasteiger partial charge is 0.0714 e. The second kappa shape index (κ2) is 12.3. The van der Waals surface area contributed by atoms with Crippen LogP contribution >= 0.6 is 0 Å². The maximum atomic E-state index is 4.61. The first kappa shape index (κ1) is 31.9. The van der Waals surface area contributed by atoms with Crippen molar-refractivity contribution in [1.82, 2.24) is 4.98 Å². The second-order valence-electron chi connectivity index (χ2n) is 15.4. The monoisotopic (exact) mass is 721 g/mol. The van der Waals surface area contributed by atoms with Crippen LogP contribution in [0.3, 0.4) is 0 Å². The van der Waals surface area contributed by atoms with E-state index in [0.29, 0.717) is 0 Å². The van der Waals surface area contributed by atoms with E-state index in [1.54, 1.807) is 0 Å². The maximum Gasteiger partial charge on any atom is 0.0714 e. The van der Waals surface area contributed by atoms with Crippen molar-refractivity contribution in [1.29, 1.82) is 0 Å². The van der Waals surface area contributed by atoms with Gasteiger partial charge in [-0.15, -0.1) is 0 Å². The summed E-state index contributed by atoms with van der Waals surface area (Å²) < 4.78 is 0. The first-order valence-corrected chi connectivity index (χ1v) is 19.8. The topological polar surface area (TPSA) is 12.9 Å². The van der Waals surface area contributed by atoms with E-state index >= 15 is 0 Å². The van der Waals surface area contributed by atoms with Gasteiger partial charge in [-0.3, -0.25) is 4.98 Å². The molecule has 0 bridgehead atoms. The number of benzene rings is 10. The average molecular weight is 722 g/mol. The predicted octanol–water partition coefficient (Wildman–Crippen LogP) is 14.5. The molecule has 0 saturated heterocycles. The van der Waals surface area contributed by atoms with Gasteiger partial charge in [0.15, 0.2) is 0 Å². The van der Waals surface area contributed by atoms with Crippen molar-refractivity contribution in [2.24, 2.45) is 0 Å². The molecule has 1 nitrogen and oxygen atoms in total. The first-order valence-electron chi connectivity index (χ1n) is 19.8. The number of nitrogens with zero attached hydrogens (tertiary/aromatic N) is 1. The second-order valence-corrected chi connectivity index (χ2v) is 15.4. The van der Waals surface area contributed by atoms with Crippen molar-refractivity contribution in [3.05, 3.63) is 235 Å². The van der Waals surface area contributed by atoms with E-state index in [1.165, 1.54) is 98.7 Å². The Morgan fingerprint density at radius 2 is 0.842 bits per heavy atom. The van der Waals surface area contributed by atoms with Crippen LogP contribution in [0, 0.1) is 0 Å². The highest BCUT2D eigenvalue weighted by Crippen LogP contribution is 2.57. The summed E-state index contributed by atoms with van der Waals surface area (Å²) in [7, 11) is 0. The maximum absolute atomic E-state index is 4.61. The van der Waals surface area contributed by atoms with Crippen LogP contribution in [0.25, 0.3) is 87.4 Å². The summed E-state index contributed by atoms with van der Waals surface area (Å²) in [5, 5.41) is 11.4. The number of rotatable bonds is 5. The Balaban J connectivity index is 1.12. The van der Waals surface area contributed by atoms with Crippen LogP contribution < -0.4 is 0 Å². The summed E-state index contributed by atoms with van der Waals surface area (Å²) in [6, 6.07) is 76.6. The molecule has 1 aliphatic rings. The quantitative estimate of drug-likeness (QED) is 0.127. The molecule has 12 rings (SSSR count). The third-order valence-corrected chi connectivity index (χ3v) is 12.5. The zero-order chi connectivity index (χ0) is 37.5. The van der Waals surface area contributed by atoms with Gasteiger partial charge in [0.05, 0.1) is 10.9 Å². The third-order valence-electron chi connectivity index (χ3n) is 12.5. The van der Waals surface area contributed by atoms with E-state index in [2.05, 4.69) is 205 Å². The van der Waals surface area contributed by atoms with Crippen LogP contribution in [-0.2, 0) is 5.41 Å². The van der Waals surface area contributed by atoms with E-state index in [1.807, 2.05) is 12.3 Å². The van der Waals surface area contributed by atoms with Crippen molar-refractivity contribution in [3.8, 4) is 33.4 Å². The number of hydrogen-bond acceptors (Lipinski definition) is 1. The Hall–Kier alpha value is -7.35. The minimum atomic E-state index is -0.478. The molecule has 0 radical (unpaired) electrons. The van der Waals surface area contributed by atoms with Crippen LogP contribution in [-0.4, -0.2) is 4.98 Å². The molecule has 1 heteroatoms. The van der Waals surface area contributed by atoms with Crippen LogP contribution in [0.4, 0.5) is 0 Å². The highest BCUT2D eigenvalue weighted by molar-refractivity contribution is 6.23. The number of fused-ring (bicyclic) bond motifs is 3. The number of pyridine rings is 1. The van der Waals surface area contributed by atoms with Gasteiger partial charge >= 0.3 is 0 Å². The van der Waals surface area contributed by atoms with Crippen LogP contribution in [0.1, 0.15) is 22.3 Å². The number of aromatic nitrogens is 1. The predicted molar refractivity (Wildman–Crippen MR) is 240 cm³/mol. The van der Waals surface area contributed by atoms with Crippen molar-refractivity contribution < 1.29 is 0 Å². The molecule has 0 spiro atoms. The van der Waals surface area contributed by atoms with Gasteiger partial charge in [-0.2, -0.15) is 0 Å². The van der Waals surface area contributed by atoms with Crippen molar-refractivity contribution in [3.63, 3.8) is 0 Å². The summed E-state index contributed by atoms with van der Waals surface area (Å²) >= 11 is 0. The van der Waals surface area contributed by atoms with Gasteiger partial charge < -0.3 is 0 Å². The van der Waals surface area contributed by atoms with Crippen molar-refractivity contribution in [2.75, 3.05) is 0 Å². The number of hydrogen-bond donors (Lipinski definition) is 0. The third kappa shape index (κ3) is 4.60. The van der Waals surface area contributed by atoms with E-state index in [-0.39, 0.29) is 0 Å². The fraction of sp³-hybridized carbons (Fsp3) is 0.0179. The molecule has 57 heavy (non-hydrogen) atoms. The minimum Gasteiger partial charge on any atom is -0.256 e. The molecule has 11 aromatic rings. The van der Waals surface area contributed by atoms with Crippen LogP contribution in [0.15, 0.2) is 212 Å². The summed E-state index contributed by atoms with van der Waals surface area (Å²) in [5.41, 5.74) is 13.1. The summed E-state index contributed by atoms with van der Waals surface area (Å²) in [5.74, 6) is 0. The van der Waals surface area contributed by atoms with Gasteiger partial charge in [0, 0.05) is 11.6 Å². The van der Waals surface area contributed by atoms with Crippen LogP contribution in [0.2, 0.25) is 0 Å². The molecule has 0 atom stereocenters. The van der Waals surface area contributed by atoms with Gasteiger partial charge in [0.2, 0.25) is 0 Å². The summed E-state index contributed by atoms with van der Waals surface area (Å²) in [6.07, 6.45) is 1.86. The molecule has 0 aliphatic heterocycles. The SMILES string of the molecule is c1ccc(C2(c3ccccc3)c3cccc4ccc5cc(-c6c7ccccc7c(-c7ccc(-c8ccc9cccnc9c8)cc7)c7ccccc67)cc2c5c34)cc1. The normalized spacial score (nSPS) is 13.1. The first-order chi connectivity index (χ1) is 28.3. The molecule has 0 fully saturated rings. The molecule has 0 amide bonds. The molecule has 264 valence electrons. The summed E-state index contributed by atoms with van der Waals surface area (Å²) in [6.45, 7) is 0. The molecule has 1 aliphatic carbocycles. The van der Waals surface area contributed by atoms with Gasteiger partial charge in [-0.05, 0) is 123 Å². The molecular formula is C56H35N. The zero-order valence-corrected chi connectivity index (χ0v) is 31.2. The Kier molecular flexibility index (Phi) is 6.91. The standard InChI is InChI=1S/C56H35N/c1-3-15-43(16-4-1)56(44-17-5-2-6-18-44)49-23-11-13-38-29-31-41-33-42(34-50(56)55(41)54(38)49)53-47-21-9-7-19-45(47)52(46-20-8-10-22-48(46)53)39-27-24-36(25-28-39)40-30-26-37-14-12-32-57-51(37)35-40/h1-35H. The lowest BCUT2D eigenvalue weighted by Gasteiger charge is -2.34. The van der Waals surface area contributed by atoms with Crippen LogP contribution in [0.5, 0.6) is 0 Å². The molecule has 10 aromatic carbocycles. The average Bonchev–Trinajstić information content (AvgIpc) is 3.59. The van der Waals surface area contributed by atoms with E-state index < -0.39 is 5.41 Å². The van der Waals surface area contributed by atoms with Gasteiger partial charge in [-0.25, -0.2) is 0 Å². The molecular weight excluding hydrogens is 687 g/mol. The van der Waals surface area contributed by atoms with Gasteiger partial charge in [0.25, 0.3) is 0 Å². The largest absolute Gasteiger partial charge is 0.256 e. The Labute approximate surface area is 331 Å². The lowest BCUT2D eigenvalue weighted by atomic mass is 9.67. The van der Waals surface area contributed by atoms with Gasteiger partial charge in [0.1, 0.15) is 0 Å². The molecule has 1 aromatic heterocycles. The Bertz CT molecular complexity index is 3280. The fourth-order valence-electron chi connectivity index (χ4n) is 10.1. The van der Waals surface area contributed by atoms with E-state index in [9.17, 15) is 0 Å². The lowest BCUT2D eigenvalue weighted by Crippen LogP contribution is -2.28. The van der Waals surface area contributed by atoms with E-state index in [4.69, 9.17) is 0 Å². The van der Waals surface area contributed by atoms with Crippen molar-refractivity contribution >= 4 is 54.0 Å². The molecule has 0 N–H and O–H groups in total. The minimum absolute atomic E-state index is 0.478. The highest BCUT2D eigenvalue weighted by atomic mass is 14.6. The molecule has 0 saturated carbocycles. The molecule has 0 unspecified atom stereocenters. The lowest BCUT2D eigenvalue weighted by molar-refractivity contribution is 0.772. The van der Waals surface area contributed by atoms with E-state index in [0.717, 1.165) is 10.9 Å². The Morgan fingerprint density at radius 3 is 1.51 bits per heavy atom. The zero-order valence-electron chi connectivity index (χ0n) is 31.2.